The highest BCUT2D eigenvalue weighted by Crippen LogP contribution is 2.26. The Bertz CT molecular complexity index is 356. The van der Waals surface area contributed by atoms with E-state index in [2.05, 4.69) is 10.3 Å². The van der Waals surface area contributed by atoms with Crippen molar-refractivity contribution < 1.29 is 4.74 Å². The van der Waals surface area contributed by atoms with Gasteiger partial charge in [-0.05, 0) is 37.8 Å². The van der Waals surface area contributed by atoms with Crippen LogP contribution in [0.2, 0.25) is 0 Å². The van der Waals surface area contributed by atoms with Crippen LogP contribution in [0, 0.1) is 5.92 Å². The summed E-state index contributed by atoms with van der Waals surface area (Å²) in [5, 5.41) is 3.35. The Hall–Kier alpha value is -1.29. The molecule has 1 aliphatic rings. The standard InChI is InChI=1S/C13H21N3O/c1-2-17-12-7-4-8-15-13(12)16-9-10-5-3-6-11(10)14/h4,7-8,10-11H,2-3,5-6,9,14H2,1H3,(H,15,16). The summed E-state index contributed by atoms with van der Waals surface area (Å²) < 4.78 is 5.52. The molecule has 4 heteroatoms. The van der Waals surface area contributed by atoms with Gasteiger partial charge in [0.15, 0.2) is 11.6 Å². The second-order valence-corrected chi connectivity index (χ2v) is 4.52. The molecule has 0 spiro atoms. The van der Waals surface area contributed by atoms with Crippen molar-refractivity contribution in [3.63, 3.8) is 0 Å². The van der Waals surface area contributed by atoms with E-state index in [4.69, 9.17) is 10.5 Å². The van der Waals surface area contributed by atoms with E-state index in [0.717, 1.165) is 24.5 Å². The number of rotatable bonds is 5. The number of nitrogens with one attached hydrogen (secondary N) is 1. The molecule has 0 aromatic carbocycles. The van der Waals surface area contributed by atoms with Gasteiger partial charge in [0.25, 0.3) is 0 Å². The van der Waals surface area contributed by atoms with Crippen LogP contribution in [0.5, 0.6) is 5.75 Å². The third kappa shape index (κ3) is 3.09. The molecule has 1 fully saturated rings. The van der Waals surface area contributed by atoms with Gasteiger partial charge < -0.3 is 15.8 Å². The van der Waals surface area contributed by atoms with E-state index in [9.17, 15) is 0 Å². The average molecular weight is 235 g/mol. The lowest BCUT2D eigenvalue weighted by atomic mass is 10.1. The van der Waals surface area contributed by atoms with Gasteiger partial charge in [0.1, 0.15) is 0 Å². The Kier molecular flexibility index (Phi) is 4.20. The lowest BCUT2D eigenvalue weighted by molar-refractivity contribution is 0.340. The first-order chi connectivity index (χ1) is 8.31. The molecule has 1 aromatic heterocycles. The number of pyridine rings is 1. The van der Waals surface area contributed by atoms with Crippen LogP contribution >= 0.6 is 0 Å². The zero-order valence-corrected chi connectivity index (χ0v) is 10.4. The Morgan fingerprint density at radius 2 is 2.41 bits per heavy atom. The lowest BCUT2D eigenvalue weighted by Gasteiger charge is -2.17. The van der Waals surface area contributed by atoms with Crippen molar-refractivity contribution >= 4 is 5.82 Å². The fourth-order valence-electron chi connectivity index (χ4n) is 2.34. The van der Waals surface area contributed by atoms with Gasteiger partial charge in [-0.1, -0.05) is 6.42 Å². The summed E-state index contributed by atoms with van der Waals surface area (Å²) in [6.45, 7) is 3.52. The second-order valence-electron chi connectivity index (χ2n) is 4.52. The SMILES string of the molecule is CCOc1cccnc1NCC1CCCC1N. The molecule has 0 amide bonds. The van der Waals surface area contributed by atoms with Crippen molar-refractivity contribution in [3.05, 3.63) is 18.3 Å². The van der Waals surface area contributed by atoms with E-state index in [1.54, 1.807) is 6.20 Å². The Labute approximate surface area is 103 Å². The number of nitrogens with two attached hydrogens (primary N) is 1. The highest BCUT2D eigenvalue weighted by atomic mass is 16.5. The van der Waals surface area contributed by atoms with Gasteiger partial charge in [-0.15, -0.1) is 0 Å². The van der Waals surface area contributed by atoms with Gasteiger partial charge in [-0.25, -0.2) is 4.98 Å². The normalized spacial score (nSPS) is 23.6. The van der Waals surface area contributed by atoms with Crippen LogP contribution in [0.25, 0.3) is 0 Å². The molecule has 4 nitrogen and oxygen atoms in total. The van der Waals surface area contributed by atoms with Crippen LogP contribution in [-0.4, -0.2) is 24.2 Å². The summed E-state index contributed by atoms with van der Waals surface area (Å²) >= 11 is 0. The monoisotopic (exact) mass is 235 g/mol. The first-order valence-corrected chi connectivity index (χ1v) is 6.38. The highest BCUT2D eigenvalue weighted by molar-refractivity contribution is 5.49. The minimum Gasteiger partial charge on any atom is -0.490 e. The Morgan fingerprint density at radius 1 is 1.53 bits per heavy atom. The predicted molar refractivity (Wildman–Crippen MR) is 69.2 cm³/mol. The van der Waals surface area contributed by atoms with Gasteiger partial charge >= 0.3 is 0 Å². The van der Waals surface area contributed by atoms with Crippen molar-refractivity contribution in [1.29, 1.82) is 0 Å². The molecule has 1 heterocycles. The smallest absolute Gasteiger partial charge is 0.168 e. The number of nitrogens with zero attached hydrogens (tertiary/aromatic N) is 1. The maximum Gasteiger partial charge on any atom is 0.168 e. The molecule has 94 valence electrons. The summed E-state index contributed by atoms with van der Waals surface area (Å²) in [5.41, 5.74) is 6.05. The van der Waals surface area contributed by atoms with E-state index < -0.39 is 0 Å². The molecular weight excluding hydrogens is 214 g/mol. The summed E-state index contributed by atoms with van der Waals surface area (Å²) in [6, 6.07) is 4.16. The summed E-state index contributed by atoms with van der Waals surface area (Å²) in [7, 11) is 0. The van der Waals surface area contributed by atoms with E-state index in [0.29, 0.717) is 18.6 Å². The first-order valence-electron chi connectivity index (χ1n) is 6.38. The highest BCUT2D eigenvalue weighted by Gasteiger charge is 2.23. The van der Waals surface area contributed by atoms with Gasteiger partial charge in [-0.2, -0.15) is 0 Å². The maximum atomic E-state index is 6.05. The minimum atomic E-state index is 0.335. The molecule has 0 saturated heterocycles. The van der Waals surface area contributed by atoms with E-state index in [1.807, 2.05) is 19.1 Å². The third-order valence-corrected chi connectivity index (χ3v) is 3.32. The average Bonchev–Trinajstić information content (AvgIpc) is 2.74. The number of hydrogen-bond donors (Lipinski definition) is 2. The van der Waals surface area contributed by atoms with E-state index in [-0.39, 0.29) is 0 Å². The molecule has 1 aromatic rings. The number of hydrogen-bond acceptors (Lipinski definition) is 4. The first kappa shape index (κ1) is 12.2. The second kappa shape index (κ2) is 5.87. The van der Waals surface area contributed by atoms with Crippen molar-refractivity contribution in [2.75, 3.05) is 18.5 Å². The molecule has 17 heavy (non-hydrogen) atoms. The largest absolute Gasteiger partial charge is 0.490 e. The molecule has 0 radical (unpaired) electrons. The molecular formula is C13H21N3O. The summed E-state index contributed by atoms with van der Waals surface area (Å²) in [4.78, 5) is 4.31. The Balaban J connectivity index is 1.93. The maximum absolute atomic E-state index is 6.05. The quantitative estimate of drug-likeness (QED) is 0.819. The number of aromatic nitrogens is 1. The van der Waals surface area contributed by atoms with Crippen LogP contribution in [0.1, 0.15) is 26.2 Å². The third-order valence-electron chi connectivity index (χ3n) is 3.32. The van der Waals surface area contributed by atoms with Crippen molar-refractivity contribution in [3.8, 4) is 5.75 Å². The molecule has 2 rings (SSSR count). The van der Waals surface area contributed by atoms with Gasteiger partial charge in [0.2, 0.25) is 0 Å². The topological polar surface area (TPSA) is 60.2 Å². The zero-order valence-electron chi connectivity index (χ0n) is 10.4. The summed E-state index contributed by atoms with van der Waals surface area (Å²) in [6.07, 6.45) is 5.38. The predicted octanol–water partition coefficient (Wildman–Crippen LogP) is 2.02. The molecule has 1 aliphatic carbocycles. The lowest BCUT2D eigenvalue weighted by Crippen LogP contribution is -2.29. The Morgan fingerprint density at radius 3 is 3.12 bits per heavy atom. The number of ether oxygens (including phenoxy) is 1. The van der Waals surface area contributed by atoms with Crippen LogP contribution in [0.3, 0.4) is 0 Å². The van der Waals surface area contributed by atoms with Crippen LogP contribution in [0.4, 0.5) is 5.82 Å². The van der Waals surface area contributed by atoms with Gasteiger partial charge in [-0.3, -0.25) is 0 Å². The molecule has 1 saturated carbocycles. The molecule has 0 aliphatic heterocycles. The van der Waals surface area contributed by atoms with Gasteiger partial charge in [0, 0.05) is 18.8 Å². The molecule has 3 N–H and O–H groups in total. The van der Waals surface area contributed by atoms with Crippen LogP contribution in [0.15, 0.2) is 18.3 Å². The van der Waals surface area contributed by atoms with Crippen molar-refractivity contribution in [1.82, 2.24) is 4.98 Å². The minimum absolute atomic E-state index is 0.335. The van der Waals surface area contributed by atoms with Gasteiger partial charge in [0.05, 0.1) is 6.61 Å². The molecule has 0 bridgehead atoms. The summed E-state index contributed by atoms with van der Waals surface area (Å²) in [5.74, 6) is 2.21. The van der Waals surface area contributed by atoms with Crippen LogP contribution < -0.4 is 15.8 Å². The fraction of sp³-hybridized carbons (Fsp3) is 0.615. The van der Waals surface area contributed by atoms with E-state index in [1.165, 1.54) is 12.8 Å². The fourth-order valence-corrected chi connectivity index (χ4v) is 2.34. The molecule has 2 unspecified atom stereocenters. The number of anilines is 1. The van der Waals surface area contributed by atoms with Crippen LogP contribution in [-0.2, 0) is 0 Å². The van der Waals surface area contributed by atoms with Crippen molar-refractivity contribution in [2.24, 2.45) is 11.7 Å². The van der Waals surface area contributed by atoms with E-state index >= 15 is 0 Å². The molecule has 2 atom stereocenters. The zero-order chi connectivity index (χ0) is 12.1. The van der Waals surface area contributed by atoms with Crippen molar-refractivity contribution in [2.45, 2.75) is 32.2 Å².